The zero-order chi connectivity index (χ0) is 10.4. The first-order valence-corrected chi connectivity index (χ1v) is 5.60. The van der Waals surface area contributed by atoms with E-state index >= 15 is 0 Å². The first-order chi connectivity index (χ1) is 6.74. The number of unbranched alkanes of at least 4 members (excludes halogenated alkanes) is 1. The number of hydrogen-bond acceptors (Lipinski definition) is 1. The molecule has 0 fully saturated rings. The lowest BCUT2D eigenvalue weighted by molar-refractivity contribution is 0.207. The number of aromatic nitrogens is 1. The van der Waals surface area contributed by atoms with Crippen molar-refractivity contribution in [2.45, 2.75) is 46.2 Å². The standard InChI is InChI=1S/C12H22N2/c1-4-5-9-14(11(2)3)10-12-7-6-8-13-12/h6-8,11,13H,4-5,9-10H2,1-3H3. The van der Waals surface area contributed by atoms with E-state index in [1.54, 1.807) is 0 Å². The Hall–Kier alpha value is -0.760. The molecule has 0 bridgehead atoms. The molecular weight excluding hydrogens is 172 g/mol. The fourth-order valence-electron chi connectivity index (χ4n) is 1.57. The predicted octanol–water partition coefficient (Wildman–Crippen LogP) is 3.03. The van der Waals surface area contributed by atoms with Gasteiger partial charge in [-0.3, -0.25) is 4.90 Å². The van der Waals surface area contributed by atoms with Gasteiger partial charge in [-0.05, 0) is 38.9 Å². The van der Waals surface area contributed by atoms with E-state index in [0.29, 0.717) is 6.04 Å². The summed E-state index contributed by atoms with van der Waals surface area (Å²) in [4.78, 5) is 5.77. The Bertz CT molecular complexity index is 226. The SMILES string of the molecule is CCCCN(Cc1ccc[nH]1)C(C)C. The highest BCUT2D eigenvalue weighted by Gasteiger charge is 2.09. The van der Waals surface area contributed by atoms with Crippen LogP contribution in [0.2, 0.25) is 0 Å². The summed E-state index contributed by atoms with van der Waals surface area (Å²) < 4.78 is 0. The molecule has 0 atom stereocenters. The van der Waals surface area contributed by atoms with Crippen LogP contribution in [0.15, 0.2) is 18.3 Å². The molecule has 0 aromatic carbocycles. The molecule has 0 aliphatic heterocycles. The van der Waals surface area contributed by atoms with Crippen LogP contribution in [-0.4, -0.2) is 22.5 Å². The minimum Gasteiger partial charge on any atom is -0.364 e. The van der Waals surface area contributed by atoms with Gasteiger partial charge in [0.2, 0.25) is 0 Å². The van der Waals surface area contributed by atoms with E-state index in [1.807, 2.05) is 6.20 Å². The molecule has 1 rings (SSSR count). The topological polar surface area (TPSA) is 19.0 Å². The molecule has 2 nitrogen and oxygen atoms in total. The Morgan fingerprint density at radius 2 is 2.21 bits per heavy atom. The monoisotopic (exact) mass is 194 g/mol. The highest BCUT2D eigenvalue weighted by Crippen LogP contribution is 2.07. The van der Waals surface area contributed by atoms with Crippen LogP contribution in [0.25, 0.3) is 0 Å². The molecule has 14 heavy (non-hydrogen) atoms. The fraction of sp³-hybridized carbons (Fsp3) is 0.667. The summed E-state index contributed by atoms with van der Waals surface area (Å²) in [5, 5.41) is 0. The van der Waals surface area contributed by atoms with Gasteiger partial charge in [-0.2, -0.15) is 0 Å². The minimum atomic E-state index is 0.629. The average molecular weight is 194 g/mol. The maximum Gasteiger partial charge on any atom is 0.0387 e. The predicted molar refractivity (Wildman–Crippen MR) is 61.2 cm³/mol. The molecule has 0 saturated carbocycles. The van der Waals surface area contributed by atoms with Crippen LogP contribution in [0.4, 0.5) is 0 Å². The van der Waals surface area contributed by atoms with Crippen molar-refractivity contribution >= 4 is 0 Å². The van der Waals surface area contributed by atoms with E-state index in [9.17, 15) is 0 Å². The van der Waals surface area contributed by atoms with Gasteiger partial charge >= 0.3 is 0 Å². The van der Waals surface area contributed by atoms with Crippen LogP contribution >= 0.6 is 0 Å². The lowest BCUT2D eigenvalue weighted by Crippen LogP contribution is -2.31. The maximum atomic E-state index is 3.26. The zero-order valence-corrected chi connectivity index (χ0v) is 9.59. The molecular formula is C12H22N2. The van der Waals surface area contributed by atoms with Crippen molar-refractivity contribution in [1.29, 1.82) is 0 Å². The Labute approximate surface area is 87.3 Å². The van der Waals surface area contributed by atoms with E-state index in [-0.39, 0.29) is 0 Å². The largest absolute Gasteiger partial charge is 0.364 e. The van der Waals surface area contributed by atoms with Gasteiger partial charge in [-0.1, -0.05) is 13.3 Å². The third-order valence-electron chi connectivity index (χ3n) is 2.56. The van der Waals surface area contributed by atoms with Crippen LogP contribution in [-0.2, 0) is 6.54 Å². The van der Waals surface area contributed by atoms with Crippen LogP contribution in [0.1, 0.15) is 39.3 Å². The molecule has 0 saturated heterocycles. The molecule has 0 aliphatic carbocycles. The van der Waals surface area contributed by atoms with E-state index in [0.717, 1.165) is 6.54 Å². The van der Waals surface area contributed by atoms with Crippen molar-refractivity contribution in [3.63, 3.8) is 0 Å². The van der Waals surface area contributed by atoms with Gasteiger partial charge in [0.15, 0.2) is 0 Å². The first kappa shape index (κ1) is 11.3. The van der Waals surface area contributed by atoms with Gasteiger partial charge in [0.05, 0.1) is 0 Å². The van der Waals surface area contributed by atoms with Crippen LogP contribution < -0.4 is 0 Å². The molecule has 0 radical (unpaired) electrons. The molecule has 0 amide bonds. The number of nitrogens with one attached hydrogen (secondary N) is 1. The summed E-state index contributed by atoms with van der Waals surface area (Å²) in [6, 6.07) is 4.85. The number of aromatic amines is 1. The number of hydrogen-bond donors (Lipinski definition) is 1. The average Bonchev–Trinajstić information content (AvgIpc) is 2.64. The first-order valence-electron chi connectivity index (χ1n) is 5.60. The van der Waals surface area contributed by atoms with Gasteiger partial charge in [0.1, 0.15) is 0 Å². The lowest BCUT2D eigenvalue weighted by atomic mass is 10.2. The van der Waals surface area contributed by atoms with E-state index in [1.165, 1.54) is 25.1 Å². The summed E-state index contributed by atoms with van der Waals surface area (Å²) in [6.45, 7) is 9.02. The summed E-state index contributed by atoms with van der Waals surface area (Å²) >= 11 is 0. The second kappa shape index (κ2) is 5.86. The second-order valence-electron chi connectivity index (χ2n) is 4.11. The Kier molecular flexibility index (Phi) is 4.74. The van der Waals surface area contributed by atoms with E-state index in [2.05, 4.69) is 42.8 Å². The highest BCUT2D eigenvalue weighted by atomic mass is 15.1. The Morgan fingerprint density at radius 3 is 2.71 bits per heavy atom. The Balaban J connectivity index is 2.43. The smallest absolute Gasteiger partial charge is 0.0387 e. The third-order valence-corrected chi connectivity index (χ3v) is 2.56. The normalized spacial score (nSPS) is 11.5. The Morgan fingerprint density at radius 1 is 1.43 bits per heavy atom. The van der Waals surface area contributed by atoms with Gasteiger partial charge in [0, 0.05) is 24.5 Å². The quantitative estimate of drug-likeness (QED) is 0.737. The van der Waals surface area contributed by atoms with Crippen molar-refractivity contribution in [1.82, 2.24) is 9.88 Å². The van der Waals surface area contributed by atoms with Gasteiger partial charge in [-0.25, -0.2) is 0 Å². The van der Waals surface area contributed by atoms with E-state index in [4.69, 9.17) is 0 Å². The molecule has 2 heteroatoms. The van der Waals surface area contributed by atoms with Crippen LogP contribution in [0.5, 0.6) is 0 Å². The van der Waals surface area contributed by atoms with Gasteiger partial charge in [-0.15, -0.1) is 0 Å². The molecule has 1 N–H and O–H groups in total. The number of H-pyrrole nitrogens is 1. The molecule has 1 aromatic rings. The summed E-state index contributed by atoms with van der Waals surface area (Å²) in [7, 11) is 0. The fourth-order valence-corrected chi connectivity index (χ4v) is 1.57. The molecule has 0 unspecified atom stereocenters. The molecule has 1 aromatic heterocycles. The van der Waals surface area contributed by atoms with Gasteiger partial charge in [0.25, 0.3) is 0 Å². The third kappa shape index (κ3) is 3.54. The second-order valence-corrected chi connectivity index (χ2v) is 4.11. The molecule has 0 aliphatic rings. The van der Waals surface area contributed by atoms with Crippen LogP contribution in [0, 0.1) is 0 Å². The molecule has 80 valence electrons. The summed E-state index contributed by atoms with van der Waals surface area (Å²) in [5.74, 6) is 0. The van der Waals surface area contributed by atoms with Crippen molar-refractivity contribution in [3.8, 4) is 0 Å². The van der Waals surface area contributed by atoms with Crippen molar-refractivity contribution < 1.29 is 0 Å². The minimum absolute atomic E-state index is 0.629. The van der Waals surface area contributed by atoms with Crippen molar-refractivity contribution in [3.05, 3.63) is 24.0 Å². The summed E-state index contributed by atoms with van der Waals surface area (Å²) in [5.41, 5.74) is 1.31. The lowest BCUT2D eigenvalue weighted by Gasteiger charge is -2.25. The molecule has 1 heterocycles. The van der Waals surface area contributed by atoms with Gasteiger partial charge < -0.3 is 4.98 Å². The van der Waals surface area contributed by atoms with Crippen LogP contribution in [0.3, 0.4) is 0 Å². The van der Waals surface area contributed by atoms with Crippen molar-refractivity contribution in [2.75, 3.05) is 6.54 Å². The summed E-state index contributed by atoms with van der Waals surface area (Å²) in [6.07, 6.45) is 4.56. The molecule has 0 spiro atoms. The zero-order valence-electron chi connectivity index (χ0n) is 9.59. The van der Waals surface area contributed by atoms with Crippen molar-refractivity contribution in [2.24, 2.45) is 0 Å². The highest BCUT2D eigenvalue weighted by molar-refractivity contribution is 5.03. The number of nitrogens with zero attached hydrogens (tertiary/aromatic N) is 1. The number of rotatable bonds is 6. The maximum absolute atomic E-state index is 3.26. The van der Waals surface area contributed by atoms with E-state index < -0.39 is 0 Å².